The normalized spacial score (nSPS) is 9.11. The Balaban J connectivity index is 2.94. The number of nitrogens with one attached hydrogen (secondary N) is 1. The van der Waals surface area contributed by atoms with E-state index in [1.54, 1.807) is 7.05 Å². The van der Waals surface area contributed by atoms with Crippen molar-refractivity contribution >= 4 is 21.9 Å². The molecule has 4 nitrogen and oxygen atoms in total. The van der Waals surface area contributed by atoms with Crippen LogP contribution in [0.15, 0.2) is 11.1 Å². The van der Waals surface area contributed by atoms with Crippen LogP contribution in [0.1, 0.15) is 0 Å². The monoisotopic (exact) mass is 188 g/mol. The van der Waals surface area contributed by atoms with Gasteiger partial charge >= 0.3 is 0 Å². The molecule has 0 saturated carbocycles. The summed E-state index contributed by atoms with van der Waals surface area (Å²) in [5.74, 6) is 0.567. The Morgan fingerprint density at radius 2 is 2.33 bits per heavy atom. The van der Waals surface area contributed by atoms with Crippen LogP contribution in [0.25, 0.3) is 0 Å². The molecule has 1 heterocycles. The quantitative estimate of drug-likeness (QED) is 0.705. The van der Waals surface area contributed by atoms with Gasteiger partial charge in [0.25, 0.3) is 0 Å². The van der Waals surface area contributed by atoms with Gasteiger partial charge in [-0.1, -0.05) is 0 Å². The van der Waals surface area contributed by atoms with E-state index in [1.165, 1.54) is 6.33 Å². The SMILES string of the molecule is CNc1ncnc(Br)n1. The van der Waals surface area contributed by atoms with E-state index in [4.69, 9.17) is 0 Å². The minimum Gasteiger partial charge on any atom is -0.357 e. The fourth-order valence-corrected chi connectivity index (χ4v) is 0.656. The van der Waals surface area contributed by atoms with Gasteiger partial charge in [0.2, 0.25) is 10.7 Å². The number of anilines is 1. The minimum atomic E-state index is 0.543. The molecule has 0 spiro atoms. The lowest BCUT2D eigenvalue weighted by atomic mass is 10.9. The Morgan fingerprint density at radius 1 is 1.56 bits per heavy atom. The Bertz CT molecular complexity index is 202. The highest BCUT2D eigenvalue weighted by atomic mass is 79.9. The van der Waals surface area contributed by atoms with Gasteiger partial charge in [-0.05, 0) is 15.9 Å². The number of rotatable bonds is 1. The molecule has 0 aromatic carbocycles. The van der Waals surface area contributed by atoms with Crippen molar-refractivity contribution in [3.05, 3.63) is 11.1 Å². The first-order valence-electron chi connectivity index (χ1n) is 2.35. The van der Waals surface area contributed by atoms with Crippen LogP contribution in [0, 0.1) is 0 Å². The summed E-state index contributed by atoms with van der Waals surface area (Å²) in [6.45, 7) is 0. The van der Waals surface area contributed by atoms with Gasteiger partial charge < -0.3 is 5.32 Å². The maximum absolute atomic E-state index is 3.88. The first kappa shape index (κ1) is 6.41. The maximum atomic E-state index is 3.88. The van der Waals surface area contributed by atoms with Crippen LogP contribution in [0.4, 0.5) is 5.95 Å². The van der Waals surface area contributed by atoms with Gasteiger partial charge in [-0.3, -0.25) is 0 Å². The van der Waals surface area contributed by atoms with E-state index in [-0.39, 0.29) is 0 Å². The van der Waals surface area contributed by atoms with E-state index in [2.05, 4.69) is 36.2 Å². The zero-order valence-corrected chi connectivity index (χ0v) is 6.38. The smallest absolute Gasteiger partial charge is 0.226 e. The highest BCUT2D eigenvalue weighted by molar-refractivity contribution is 9.10. The van der Waals surface area contributed by atoms with Crippen LogP contribution < -0.4 is 5.32 Å². The van der Waals surface area contributed by atoms with Crippen LogP contribution in [0.5, 0.6) is 0 Å². The Kier molecular flexibility index (Phi) is 1.94. The molecule has 0 aliphatic heterocycles. The van der Waals surface area contributed by atoms with Crippen LogP contribution in [-0.4, -0.2) is 22.0 Å². The predicted molar refractivity (Wildman–Crippen MR) is 37.1 cm³/mol. The lowest BCUT2D eigenvalue weighted by Crippen LogP contribution is -1.96. The third-order valence-corrected chi connectivity index (χ3v) is 1.15. The van der Waals surface area contributed by atoms with Crippen LogP contribution in [0.3, 0.4) is 0 Å². The summed E-state index contributed by atoms with van der Waals surface area (Å²) in [6.07, 6.45) is 1.43. The summed E-state index contributed by atoms with van der Waals surface area (Å²) in [7, 11) is 1.75. The van der Waals surface area contributed by atoms with Crippen LogP contribution >= 0.6 is 15.9 Å². The molecule has 0 radical (unpaired) electrons. The zero-order valence-electron chi connectivity index (χ0n) is 4.80. The molecular formula is C4H5BrN4. The molecule has 1 rings (SSSR count). The first-order valence-corrected chi connectivity index (χ1v) is 3.14. The Morgan fingerprint density at radius 3 is 2.78 bits per heavy atom. The summed E-state index contributed by atoms with van der Waals surface area (Å²) < 4.78 is 0.543. The van der Waals surface area contributed by atoms with Gasteiger partial charge in [-0.2, -0.15) is 4.98 Å². The highest BCUT2D eigenvalue weighted by Crippen LogP contribution is 2.00. The highest BCUT2D eigenvalue weighted by Gasteiger charge is 1.90. The molecule has 1 aromatic heterocycles. The minimum absolute atomic E-state index is 0.543. The molecule has 0 aliphatic carbocycles. The van der Waals surface area contributed by atoms with Gasteiger partial charge in [0.05, 0.1) is 0 Å². The molecule has 1 N–H and O–H groups in total. The molecule has 0 fully saturated rings. The second-order valence-corrected chi connectivity index (χ2v) is 2.04. The van der Waals surface area contributed by atoms with Crippen molar-refractivity contribution in [2.45, 2.75) is 0 Å². The summed E-state index contributed by atoms with van der Waals surface area (Å²) >= 11 is 3.10. The Labute approximate surface area is 60.9 Å². The number of hydrogen-bond acceptors (Lipinski definition) is 4. The van der Waals surface area contributed by atoms with Gasteiger partial charge in [-0.15, -0.1) is 0 Å². The molecule has 5 heteroatoms. The van der Waals surface area contributed by atoms with Crippen molar-refractivity contribution in [1.29, 1.82) is 0 Å². The average Bonchev–Trinajstić information content (AvgIpc) is 1.88. The lowest BCUT2D eigenvalue weighted by molar-refractivity contribution is 1.01. The maximum Gasteiger partial charge on any atom is 0.226 e. The number of nitrogens with zero attached hydrogens (tertiary/aromatic N) is 3. The zero-order chi connectivity index (χ0) is 6.69. The predicted octanol–water partition coefficient (Wildman–Crippen LogP) is 0.676. The summed E-state index contributed by atoms with van der Waals surface area (Å²) in [5, 5.41) is 2.78. The molecule has 0 unspecified atom stereocenters. The van der Waals surface area contributed by atoms with E-state index < -0.39 is 0 Å². The van der Waals surface area contributed by atoms with E-state index in [0.717, 1.165) is 0 Å². The number of hydrogen-bond donors (Lipinski definition) is 1. The molecule has 0 atom stereocenters. The number of aromatic nitrogens is 3. The van der Waals surface area contributed by atoms with Gasteiger partial charge in [0.1, 0.15) is 6.33 Å². The van der Waals surface area contributed by atoms with E-state index >= 15 is 0 Å². The van der Waals surface area contributed by atoms with Crippen molar-refractivity contribution in [3.8, 4) is 0 Å². The lowest BCUT2D eigenvalue weighted by Gasteiger charge is -1.93. The van der Waals surface area contributed by atoms with E-state index in [1.807, 2.05) is 0 Å². The Hall–Kier alpha value is -0.710. The molecule has 0 amide bonds. The summed E-state index contributed by atoms with van der Waals surface area (Å²) in [4.78, 5) is 11.4. The van der Waals surface area contributed by atoms with Crippen LogP contribution in [-0.2, 0) is 0 Å². The summed E-state index contributed by atoms with van der Waals surface area (Å²) in [6, 6.07) is 0. The average molecular weight is 189 g/mol. The van der Waals surface area contributed by atoms with Gasteiger partial charge in [-0.25, -0.2) is 9.97 Å². The second-order valence-electron chi connectivity index (χ2n) is 1.33. The molecule has 0 saturated heterocycles. The standard InChI is InChI=1S/C4H5BrN4/c1-6-4-8-2-7-3(5)9-4/h2H,1H3,(H,6,7,8,9). The van der Waals surface area contributed by atoms with Crippen molar-refractivity contribution in [2.24, 2.45) is 0 Å². The number of halogens is 1. The van der Waals surface area contributed by atoms with E-state index in [0.29, 0.717) is 10.7 Å². The molecule has 48 valence electrons. The third kappa shape index (κ3) is 1.60. The fraction of sp³-hybridized carbons (Fsp3) is 0.250. The van der Waals surface area contributed by atoms with Gasteiger partial charge in [0.15, 0.2) is 0 Å². The molecule has 9 heavy (non-hydrogen) atoms. The van der Waals surface area contributed by atoms with Crippen molar-refractivity contribution in [3.63, 3.8) is 0 Å². The molecule has 0 bridgehead atoms. The topological polar surface area (TPSA) is 50.7 Å². The third-order valence-electron chi connectivity index (χ3n) is 0.766. The second kappa shape index (κ2) is 2.72. The van der Waals surface area contributed by atoms with Crippen LogP contribution in [0.2, 0.25) is 0 Å². The fourth-order valence-electron chi connectivity index (χ4n) is 0.397. The molecular weight excluding hydrogens is 184 g/mol. The molecule has 0 aliphatic rings. The van der Waals surface area contributed by atoms with Crippen molar-refractivity contribution in [2.75, 3.05) is 12.4 Å². The van der Waals surface area contributed by atoms with Crippen molar-refractivity contribution in [1.82, 2.24) is 15.0 Å². The summed E-state index contributed by atoms with van der Waals surface area (Å²) in [5.41, 5.74) is 0. The largest absolute Gasteiger partial charge is 0.357 e. The molecule has 1 aromatic rings. The van der Waals surface area contributed by atoms with Gasteiger partial charge in [0, 0.05) is 7.05 Å². The van der Waals surface area contributed by atoms with E-state index in [9.17, 15) is 0 Å². The van der Waals surface area contributed by atoms with Crippen molar-refractivity contribution < 1.29 is 0 Å². The first-order chi connectivity index (χ1) is 4.33.